The summed E-state index contributed by atoms with van der Waals surface area (Å²) in [4.78, 5) is 12.5. The fraction of sp³-hybridized carbons (Fsp3) is 0.167. The molecule has 0 unspecified atom stereocenters. The van der Waals surface area contributed by atoms with E-state index < -0.39 is 0 Å². The van der Waals surface area contributed by atoms with Gasteiger partial charge in [-0.1, -0.05) is 41.7 Å². The van der Waals surface area contributed by atoms with Gasteiger partial charge in [-0.15, -0.1) is 0 Å². The van der Waals surface area contributed by atoms with Gasteiger partial charge in [0.25, 0.3) is 5.91 Å². The number of hydrogen-bond acceptors (Lipinski definition) is 3. The molecule has 6 heteroatoms. The molecule has 3 aromatic rings. The maximum Gasteiger partial charge on any atom is 0.268 e. The summed E-state index contributed by atoms with van der Waals surface area (Å²) in [7, 11) is 1.87. The fourth-order valence-corrected chi connectivity index (χ4v) is 3.14. The van der Waals surface area contributed by atoms with Gasteiger partial charge in [0.1, 0.15) is 5.69 Å². The van der Waals surface area contributed by atoms with Crippen LogP contribution in [0.1, 0.15) is 16.1 Å². The molecule has 4 nitrogen and oxygen atoms in total. The molecule has 2 aromatic carbocycles. The Morgan fingerprint density at radius 3 is 2.62 bits per heavy atom. The first-order valence-electron chi connectivity index (χ1n) is 7.49. The van der Waals surface area contributed by atoms with Crippen LogP contribution < -0.4 is 10.0 Å². The molecule has 0 atom stereocenters. The number of nitrogens with one attached hydrogen (secondary N) is 2. The number of hydrogen-bond donors (Lipinski definition) is 2. The number of aromatic nitrogens is 1. The van der Waals surface area contributed by atoms with Gasteiger partial charge in [0.05, 0.1) is 0 Å². The second-order valence-corrected chi connectivity index (χ2v) is 6.53. The van der Waals surface area contributed by atoms with Crippen LogP contribution in [-0.2, 0) is 13.6 Å². The van der Waals surface area contributed by atoms with Crippen LogP contribution in [0.25, 0.3) is 10.9 Å². The van der Waals surface area contributed by atoms with Crippen LogP contribution in [0.15, 0.2) is 48.5 Å². The summed E-state index contributed by atoms with van der Waals surface area (Å²) in [6, 6.07) is 15.5. The van der Waals surface area contributed by atoms with Gasteiger partial charge in [0.2, 0.25) is 0 Å². The Hall–Kier alpha value is -2.11. The van der Waals surface area contributed by atoms with Gasteiger partial charge >= 0.3 is 0 Å². The highest BCUT2D eigenvalue weighted by Gasteiger charge is 2.13. The van der Waals surface area contributed by atoms with E-state index in [2.05, 4.69) is 10.0 Å². The Bertz CT molecular complexity index is 874. The Morgan fingerprint density at radius 1 is 1.17 bits per heavy atom. The molecule has 0 aliphatic rings. The second kappa shape index (κ2) is 7.20. The van der Waals surface area contributed by atoms with Crippen molar-refractivity contribution in [1.82, 2.24) is 9.88 Å². The maximum atomic E-state index is 12.5. The number of nitrogens with zero attached hydrogens (tertiary/aromatic N) is 1. The zero-order chi connectivity index (χ0) is 17.1. The van der Waals surface area contributed by atoms with E-state index in [-0.39, 0.29) is 5.91 Å². The summed E-state index contributed by atoms with van der Waals surface area (Å²) in [5.74, 6) is -0.101. The second-order valence-electron chi connectivity index (χ2n) is 5.48. The van der Waals surface area contributed by atoms with E-state index in [0.717, 1.165) is 22.2 Å². The van der Waals surface area contributed by atoms with Gasteiger partial charge in [-0.25, -0.2) is 0 Å². The van der Waals surface area contributed by atoms with E-state index in [1.165, 1.54) is 0 Å². The number of anilines is 1. The summed E-state index contributed by atoms with van der Waals surface area (Å²) in [5.41, 5.74) is 3.66. The van der Waals surface area contributed by atoms with Gasteiger partial charge in [-0.3, -0.25) is 4.79 Å². The molecule has 1 heterocycles. The Kier molecular flexibility index (Phi) is 5.02. The lowest BCUT2D eigenvalue weighted by Crippen LogP contribution is -2.24. The van der Waals surface area contributed by atoms with Crippen LogP contribution in [0.2, 0.25) is 5.02 Å². The van der Waals surface area contributed by atoms with Crippen molar-refractivity contribution in [3.63, 3.8) is 0 Å². The molecule has 0 aliphatic heterocycles. The number of fused-ring (bicyclic) bond motifs is 1. The molecular weight excluding hydrogens is 342 g/mol. The highest BCUT2D eigenvalue weighted by molar-refractivity contribution is 7.99. The lowest BCUT2D eigenvalue weighted by atomic mass is 10.2. The molecule has 1 amide bonds. The number of benzene rings is 2. The van der Waals surface area contributed by atoms with E-state index in [1.54, 1.807) is 11.9 Å². The highest BCUT2D eigenvalue weighted by Crippen LogP contribution is 2.22. The van der Waals surface area contributed by atoms with Crippen LogP contribution in [0.3, 0.4) is 0 Å². The number of carbonyl (C=O) groups is 1. The molecule has 24 heavy (non-hydrogen) atoms. The van der Waals surface area contributed by atoms with Gasteiger partial charge < -0.3 is 14.6 Å². The third kappa shape index (κ3) is 3.52. The van der Waals surface area contributed by atoms with Gasteiger partial charge in [-0.2, -0.15) is 0 Å². The van der Waals surface area contributed by atoms with Crippen LogP contribution >= 0.6 is 23.5 Å². The smallest absolute Gasteiger partial charge is 0.268 e. The molecule has 1 aromatic heterocycles. The zero-order valence-corrected chi connectivity index (χ0v) is 15.0. The number of carbonyl (C=O) groups excluding carboxylic acids is 1. The average molecular weight is 360 g/mol. The van der Waals surface area contributed by atoms with E-state index in [0.29, 0.717) is 17.3 Å². The molecule has 0 radical (unpaired) electrons. The number of aryl methyl sites for hydroxylation is 1. The van der Waals surface area contributed by atoms with Crippen LogP contribution in [0.5, 0.6) is 0 Å². The van der Waals surface area contributed by atoms with Crippen LogP contribution in [-0.4, -0.2) is 16.7 Å². The molecule has 0 fully saturated rings. The average Bonchev–Trinajstić information content (AvgIpc) is 2.91. The van der Waals surface area contributed by atoms with Crippen molar-refractivity contribution in [2.24, 2.45) is 7.05 Å². The molecule has 0 saturated carbocycles. The zero-order valence-electron chi connectivity index (χ0n) is 13.5. The predicted octanol–water partition coefficient (Wildman–Crippen LogP) is 4.45. The first-order chi connectivity index (χ1) is 11.6. The topological polar surface area (TPSA) is 46.1 Å². The fourth-order valence-electron chi connectivity index (χ4n) is 2.60. The monoisotopic (exact) mass is 359 g/mol. The molecule has 124 valence electrons. The SMILES string of the molecule is CSNc1ccc(CNC(=O)c2cc3ccc(Cl)cc3n2C)cc1. The summed E-state index contributed by atoms with van der Waals surface area (Å²) in [6.07, 6.45) is 1.98. The first-order valence-corrected chi connectivity index (χ1v) is 9.10. The molecule has 0 aliphatic carbocycles. The minimum Gasteiger partial charge on any atom is -0.347 e. The largest absolute Gasteiger partial charge is 0.347 e. The lowest BCUT2D eigenvalue weighted by Gasteiger charge is -2.08. The molecule has 0 bridgehead atoms. The van der Waals surface area contributed by atoms with Crippen molar-refractivity contribution < 1.29 is 4.79 Å². The molecular formula is C18H18ClN3OS. The van der Waals surface area contributed by atoms with Gasteiger partial charge in [-0.05, 0) is 35.9 Å². The highest BCUT2D eigenvalue weighted by atomic mass is 35.5. The van der Waals surface area contributed by atoms with Crippen molar-refractivity contribution in [1.29, 1.82) is 0 Å². The summed E-state index contributed by atoms with van der Waals surface area (Å²) in [5, 5.41) is 4.63. The minimum atomic E-state index is -0.101. The molecule has 3 rings (SSSR count). The Balaban J connectivity index is 1.72. The Labute approximate surface area is 150 Å². The van der Waals surface area contributed by atoms with Gasteiger partial charge in [0, 0.05) is 41.5 Å². The summed E-state index contributed by atoms with van der Waals surface area (Å²) in [6.45, 7) is 0.487. The molecule has 2 N–H and O–H groups in total. The third-order valence-electron chi connectivity index (χ3n) is 3.87. The predicted molar refractivity (Wildman–Crippen MR) is 103 cm³/mol. The molecule has 0 spiro atoms. The number of halogens is 1. The van der Waals surface area contributed by atoms with E-state index in [9.17, 15) is 4.79 Å². The number of rotatable bonds is 5. The standard InChI is InChI=1S/C18H18ClN3OS/c1-22-16-10-14(19)6-5-13(16)9-17(22)18(23)20-11-12-3-7-15(8-4-12)21-24-2/h3-10,21H,11H2,1-2H3,(H,20,23). The van der Waals surface area contributed by atoms with E-state index in [4.69, 9.17) is 11.6 Å². The molecule has 0 saturated heterocycles. The number of amides is 1. The maximum absolute atomic E-state index is 12.5. The summed E-state index contributed by atoms with van der Waals surface area (Å²) >= 11 is 7.58. The lowest BCUT2D eigenvalue weighted by molar-refractivity contribution is 0.0943. The van der Waals surface area contributed by atoms with E-state index in [1.807, 2.05) is 66.4 Å². The summed E-state index contributed by atoms with van der Waals surface area (Å²) < 4.78 is 5.03. The quantitative estimate of drug-likeness (QED) is 0.661. The van der Waals surface area contributed by atoms with Crippen molar-refractivity contribution in [2.75, 3.05) is 11.0 Å². The van der Waals surface area contributed by atoms with Crippen molar-refractivity contribution in [3.8, 4) is 0 Å². The Morgan fingerprint density at radius 2 is 1.92 bits per heavy atom. The third-order valence-corrected chi connectivity index (χ3v) is 4.54. The van der Waals surface area contributed by atoms with E-state index >= 15 is 0 Å². The van der Waals surface area contributed by atoms with Crippen LogP contribution in [0, 0.1) is 0 Å². The normalized spacial score (nSPS) is 10.8. The van der Waals surface area contributed by atoms with Crippen LogP contribution in [0.4, 0.5) is 5.69 Å². The first kappa shape index (κ1) is 16.7. The van der Waals surface area contributed by atoms with Crippen molar-refractivity contribution in [3.05, 3.63) is 64.8 Å². The van der Waals surface area contributed by atoms with Crippen molar-refractivity contribution in [2.45, 2.75) is 6.54 Å². The minimum absolute atomic E-state index is 0.101. The van der Waals surface area contributed by atoms with Crippen molar-refractivity contribution >= 4 is 46.0 Å². The van der Waals surface area contributed by atoms with Gasteiger partial charge in [0.15, 0.2) is 0 Å².